The van der Waals surface area contributed by atoms with Gasteiger partial charge in [0.1, 0.15) is 0 Å². The third-order valence-electron chi connectivity index (χ3n) is 6.21. The Bertz CT molecular complexity index is 932. The summed E-state index contributed by atoms with van der Waals surface area (Å²) in [7, 11) is 1.88. The lowest BCUT2D eigenvalue weighted by Crippen LogP contribution is -2.35. The van der Waals surface area contributed by atoms with Crippen LogP contribution in [0.15, 0.2) is 36.1 Å². The molecule has 0 aromatic carbocycles. The molecule has 0 saturated heterocycles. The summed E-state index contributed by atoms with van der Waals surface area (Å²) >= 11 is 0. The van der Waals surface area contributed by atoms with Gasteiger partial charge in [0.2, 0.25) is 0 Å². The maximum Gasteiger partial charge on any atom is 0.255 e. The molecule has 0 aliphatic heterocycles. The summed E-state index contributed by atoms with van der Waals surface area (Å²) in [5, 5.41) is 2.12. The highest BCUT2D eigenvalue weighted by Gasteiger charge is 2.23. The van der Waals surface area contributed by atoms with Gasteiger partial charge in [-0.15, -0.1) is 0 Å². The van der Waals surface area contributed by atoms with Crippen LogP contribution in [-0.4, -0.2) is 28.5 Å². The number of likely N-dealkylation sites (N-methyl/N-ethyl adjacent to an activating group) is 1. The molecule has 0 N–H and O–H groups in total. The Morgan fingerprint density at radius 1 is 1.27 bits per heavy atom. The normalized spacial score (nSPS) is 16.4. The van der Waals surface area contributed by atoms with Gasteiger partial charge in [-0.1, -0.05) is 57.1 Å². The monoisotopic (exact) mass is 408 g/mol. The number of hydrogen-bond donors (Lipinski definition) is 0. The number of carbonyl (C=O) groups is 1. The molecule has 1 aliphatic rings. The van der Waals surface area contributed by atoms with Crippen LogP contribution in [0.5, 0.6) is 0 Å². The van der Waals surface area contributed by atoms with E-state index in [9.17, 15) is 4.79 Å². The lowest BCUT2D eigenvalue weighted by Gasteiger charge is -2.24. The molecule has 1 saturated carbocycles. The van der Waals surface area contributed by atoms with Gasteiger partial charge in [-0.05, 0) is 64.5 Å². The molecule has 1 fully saturated rings. The molecule has 0 unspecified atom stereocenters. The van der Waals surface area contributed by atoms with Crippen molar-refractivity contribution in [3.05, 3.63) is 52.2 Å². The van der Waals surface area contributed by atoms with Crippen LogP contribution in [-0.2, 0) is 4.79 Å². The van der Waals surface area contributed by atoms with E-state index in [0.29, 0.717) is 5.92 Å². The minimum absolute atomic E-state index is 0.0598. The number of aromatic nitrogens is 1. The first kappa shape index (κ1) is 24.0. The number of amides is 1. The third kappa shape index (κ3) is 5.24. The van der Waals surface area contributed by atoms with E-state index in [0.717, 1.165) is 28.6 Å². The van der Waals surface area contributed by atoms with Crippen LogP contribution >= 0.6 is 0 Å². The average Bonchev–Trinajstić information content (AvgIpc) is 3.04. The van der Waals surface area contributed by atoms with Crippen LogP contribution in [0.1, 0.15) is 84.6 Å². The highest BCUT2D eigenvalue weighted by atomic mass is 16.2. The fourth-order valence-electron chi connectivity index (χ4n) is 4.35. The third-order valence-corrected chi connectivity index (χ3v) is 6.21. The fraction of sp³-hybridized carbons (Fsp3) is 0.519. The molecule has 1 aromatic rings. The molecule has 164 valence electrons. The van der Waals surface area contributed by atoms with Crippen LogP contribution in [0.3, 0.4) is 0 Å². The van der Waals surface area contributed by atoms with E-state index in [4.69, 9.17) is 0 Å². The molecule has 1 heterocycles. The largest absolute Gasteiger partial charge is 0.339 e. The molecule has 3 nitrogen and oxygen atoms in total. The topological polar surface area (TPSA) is 25.2 Å². The smallest absolute Gasteiger partial charge is 0.255 e. The standard InChI is InChI=1S/C27H40N2O/c1-9-14-23-21(7)29(18-25(23)22-15-12-11-13-16-22)26(10-2)24(17-19(3)4)27(30)28(8)20(5)6/h9,14,17-18,20,22H,1,7,10-13,15-16H2,2-6,8H3/b23-14+,26-24-. The van der Waals surface area contributed by atoms with Crippen LogP contribution < -0.4 is 10.6 Å². The van der Waals surface area contributed by atoms with E-state index < -0.39 is 0 Å². The van der Waals surface area contributed by atoms with Crippen molar-refractivity contribution in [2.45, 2.75) is 85.1 Å². The van der Waals surface area contributed by atoms with Crippen molar-refractivity contribution < 1.29 is 4.79 Å². The number of rotatable bonds is 7. The summed E-state index contributed by atoms with van der Waals surface area (Å²) in [6.45, 7) is 18.7. The molecule has 2 rings (SSSR count). The zero-order chi connectivity index (χ0) is 22.4. The summed E-state index contributed by atoms with van der Waals surface area (Å²) in [5.74, 6) is 0.621. The zero-order valence-electron chi connectivity index (χ0n) is 19.9. The Kier molecular flexibility index (Phi) is 8.52. The van der Waals surface area contributed by atoms with Crippen LogP contribution in [0.25, 0.3) is 18.4 Å². The SMILES string of the molecule is C=C/C=c1/c(C2CCCCC2)cn(/C(CC)=C(/C=C(C)C)C(=O)N(C)C(C)C)c1=C. The minimum Gasteiger partial charge on any atom is -0.339 e. The summed E-state index contributed by atoms with van der Waals surface area (Å²) in [6.07, 6.45) is 15.3. The van der Waals surface area contributed by atoms with Crippen LogP contribution in [0.4, 0.5) is 0 Å². The Labute approximate surface area is 183 Å². The summed E-state index contributed by atoms with van der Waals surface area (Å²) in [6, 6.07) is 0.141. The first-order valence-corrected chi connectivity index (χ1v) is 11.4. The first-order chi connectivity index (χ1) is 14.2. The highest BCUT2D eigenvalue weighted by molar-refractivity contribution is 6.01. The summed E-state index contributed by atoms with van der Waals surface area (Å²) in [5.41, 5.74) is 4.24. The summed E-state index contributed by atoms with van der Waals surface area (Å²) in [4.78, 5) is 15.2. The second-order valence-electron chi connectivity index (χ2n) is 9.00. The fourth-order valence-corrected chi connectivity index (χ4v) is 4.35. The van der Waals surface area contributed by atoms with Crippen molar-refractivity contribution in [1.29, 1.82) is 0 Å². The van der Waals surface area contributed by atoms with Crippen LogP contribution in [0.2, 0.25) is 0 Å². The number of nitrogens with zero attached hydrogens (tertiary/aromatic N) is 2. The van der Waals surface area contributed by atoms with Crippen molar-refractivity contribution in [2.75, 3.05) is 7.05 Å². The van der Waals surface area contributed by atoms with E-state index >= 15 is 0 Å². The molecule has 1 aliphatic carbocycles. The van der Waals surface area contributed by atoms with Gasteiger partial charge in [-0.25, -0.2) is 0 Å². The second kappa shape index (κ2) is 10.7. The van der Waals surface area contributed by atoms with Crippen molar-refractivity contribution in [2.24, 2.45) is 0 Å². The lowest BCUT2D eigenvalue weighted by molar-refractivity contribution is -0.126. The average molecular weight is 409 g/mol. The molecule has 0 radical (unpaired) electrons. The van der Waals surface area contributed by atoms with E-state index in [1.807, 2.05) is 51.8 Å². The molecule has 3 heteroatoms. The van der Waals surface area contributed by atoms with Gasteiger partial charge in [0, 0.05) is 35.6 Å². The first-order valence-electron chi connectivity index (χ1n) is 11.4. The van der Waals surface area contributed by atoms with Gasteiger partial charge in [0.05, 0.1) is 5.57 Å². The predicted molar refractivity (Wildman–Crippen MR) is 131 cm³/mol. The maximum absolute atomic E-state index is 13.4. The molecule has 0 atom stereocenters. The van der Waals surface area contributed by atoms with Crippen molar-refractivity contribution in [3.63, 3.8) is 0 Å². The molecule has 1 amide bonds. The van der Waals surface area contributed by atoms with Crippen molar-refractivity contribution in [1.82, 2.24) is 9.47 Å². The molecule has 0 bridgehead atoms. The Morgan fingerprint density at radius 2 is 1.90 bits per heavy atom. The number of hydrogen-bond acceptors (Lipinski definition) is 1. The summed E-state index contributed by atoms with van der Waals surface area (Å²) < 4.78 is 2.17. The molecular formula is C27H40N2O. The van der Waals surface area contributed by atoms with Crippen molar-refractivity contribution >= 4 is 24.3 Å². The molecule has 30 heavy (non-hydrogen) atoms. The van der Waals surface area contributed by atoms with Crippen molar-refractivity contribution in [3.8, 4) is 0 Å². The minimum atomic E-state index is 0.0598. The lowest BCUT2D eigenvalue weighted by atomic mass is 9.84. The quantitative estimate of drug-likeness (QED) is 0.440. The molecular weight excluding hydrogens is 368 g/mol. The van der Waals surface area contributed by atoms with E-state index in [1.165, 1.54) is 42.9 Å². The zero-order valence-corrected chi connectivity index (χ0v) is 19.9. The number of carbonyl (C=O) groups excluding carboxylic acids is 1. The van der Waals surface area contributed by atoms with Crippen LogP contribution in [0, 0.1) is 0 Å². The second-order valence-corrected chi connectivity index (χ2v) is 9.00. The van der Waals surface area contributed by atoms with Gasteiger partial charge < -0.3 is 9.47 Å². The van der Waals surface area contributed by atoms with E-state index in [2.05, 4.69) is 36.9 Å². The Hall–Kier alpha value is -2.29. The number of allylic oxidation sites excluding steroid dienone is 3. The predicted octanol–water partition coefficient (Wildman–Crippen LogP) is 5.37. The van der Waals surface area contributed by atoms with Gasteiger partial charge in [0.25, 0.3) is 5.91 Å². The Balaban J connectivity index is 2.77. The molecule has 0 spiro atoms. The van der Waals surface area contributed by atoms with Gasteiger partial charge >= 0.3 is 0 Å². The van der Waals surface area contributed by atoms with Gasteiger partial charge in [-0.3, -0.25) is 4.79 Å². The Morgan fingerprint density at radius 3 is 2.40 bits per heavy atom. The highest BCUT2D eigenvalue weighted by Crippen LogP contribution is 2.31. The van der Waals surface area contributed by atoms with E-state index in [1.54, 1.807) is 0 Å². The van der Waals surface area contributed by atoms with Gasteiger partial charge in [0.15, 0.2) is 0 Å². The van der Waals surface area contributed by atoms with Gasteiger partial charge in [-0.2, -0.15) is 0 Å². The molecule has 1 aromatic heterocycles. The maximum atomic E-state index is 13.4. The van der Waals surface area contributed by atoms with E-state index in [-0.39, 0.29) is 11.9 Å².